The molecule has 0 aliphatic heterocycles. The van der Waals surface area contributed by atoms with Crippen LogP contribution < -0.4 is 5.32 Å². The number of carbonyl (C=O) groups excluding carboxylic acids is 4. The van der Waals surface area contributed by atoms with Gasteiger partial charge in [0.2, 0.25) is 0 Å². The maximum atomic E-state index is 12.2. The normalized spacial score (nSPS) is 28.5. The van der Waals surface area contributed by atoms with Gasteiger partial charge in [0.25, 0.3) is 5.91 Å². The predicted molar refractivity (Wildman–Crippen MR) is 74.7 cm³/mol. The third-order valence-corrected chi connectivity index (χ3v) is 4.45. The van der Waals surface area contributed by atoms with E-state index in [1.165, 1.54) is 6.92 Å². The number of alkyl carbamates (subject to hydrolysis) is 1. The Morgan fingerprint density at radius 1 is 1.18 bits per heavy atom. The molecule has 0 radical (unpaired) electrons. The molecule has 4 atom stereocenters. The molecule has 0 heterocycles. The van der Waals surface area contributed by atoms with Gasteiger partial charge in [-0.2, -0.15) is 0 Å². The number of carbonyl (C=O) groups is 4. The van der Waals surface area contributed by atoms with Gasteiger partial charge in [0.15, 0.2) is 6.10 Å². The number of Topliss-reactive ketones (excluding diaryl/α,β-unsaturated/α-hetero) is 1. The summed E-state index contributed by atoms with van der Waals surface area (Å²) in [5, 5.41) is 1.95. The third kappa shape index (κ3) is 3.64. The first-order valence-corrected chi connectivity index (χ1v) is 7.55. The Labute approximate surface area is 128 Å². The summed E-state index contributed by atoms with van der Waals surface area (Å²) >= 11 is 0. The van der Waals surface area contributed by atoms with Gasteiger partial charge < -0.3 is 9.47 Å². The fraction of sp³-hybridized carbons (Fsp3) is 0.733. The molecule has 2 amide bonds. The van der Waals surface area contributed by atoms with Crippen molar-refractivity contribution in [3.63, 3.8) is 0 Å². The number of nitrogens with one attached hydrogen (secondary N) is 1. The van der Waals surface area contributed by atoms with Gasteiger partial charge in [-0.3, -0.25) is 19.7 Å². The second-order valence-corrected chi connectivity index (χ2v) is 5.96. The lowest BCUT2D eigenvalue weighted by molar-refractivity contribution is -0.162. The molecular formula is C15H21NO6. The highest BCUT2D eigenvalue weighted by molar-refractivity contribution is 5.95. The second kappa shape index (κ2) is 6.89. The summed E-state index contributed by atoms with van der Waals surface area (Å²) in [6.07, 6.45) is 1.71. The molecule has 22 heavy (non-hydrogen) atoms. The summed E-state index contributed by atoms with van der Waals surface area (Å²) in [7, 11) is 1.14. The van der Waals surface area contributed by atoms with E-state index in [1.54, 1.807) is 0 Å². The van der Waals surface area contributed by atoms with E-state index in [0.717, 1.165) is 26.4 Å². The SMILES string of the molecule is COC(=O)NC(=O)[C@@H](C)OC(=O)C1C[C@H]2CCC[C@@H](C1)C2=O. The zero-order valence-electron chi connectivity index (χ0n) is 12.8. The number of methoxy groups -OCH3 is 1. The van der Waals surface area contributed by atoms with E-state index in [2.05, 4.69) is 4.74 Å². The average Bonchev–Trinajstić information content (AvgIpc) is 2.46. The molecular weight excluding hydrogens is 290 g/mol. The number of hydrogen-bond donors (Lipinski definition) is 1. The average molecular weight is 311 g/mol. The minimum Gasteiger partial charge on any atom is -0.453 e. The molecule has 0 spiro atoms. The Hall–Kier alpha value is -1.92. The van der Waals surface area contributed by atoms with Gasteiger partial charge in [-0.1, -0.05) is 6.42 Å². The topological polar surface area (TPSA) is 98.8 Å². The zero-order chi connectivity index (χ0) is 16.3. The Morgan fingerprint density at radius 3 is 2.32 bits per heavy atom. The molecule has 2 saturated carbocycles. The molecule has 2 aliphatic carbocycles. The highest BCUT2D eigenvalue weighted by Gasteiger charge is 2.42. The standard InChI is InChI=1S/C15H21NO6/c1-8(13(18)16-15(20)21-2)22-14(19)11-6-9-4-3-5-10(7-11)12(9)17/h8-11H,3-7H2,1-2H3,(H,16,18,20)/t8-,9-,10+,11?/m1/s1. The van der Waals surface area contributed by atoms with Gasteiger partial charge in [0.1, 0.15) is 5.78 Å². The smallest absolute Gasteiger partial charge is 0.413 e. The maximum Gasteiger partial charge on any atom is 0.413 e. The first-order valence-electron chi connectivity index (χ1n) is 7.55. The van der Waals surface area contributed by atoms with Crippen molar-refractivity contribution in [1.29, 1.82) is 0 Å². The Bertz CT molecular complexity index is 472. The van der Waals surface area contributed by atoms with E-state index in [0.29, 0.717) is 12.8 Å². The monoisotopic (exact) mass is 311 g/mol. The van der Waals surface area contributed by atoms with E-state index in [9.17, 15) is 19.2 Å². The Kier molecular flexibility index (Phi) is 5.15. The number of imide groups is 1. The number of ether oxygens (including phenoxy) is 2. The second-order valence-electron chi connectivity index (χ2n) is 5.96. The van der Waals surface area contributed by atoms with Gasteiger partial charge >= 0.3 is 12.1 Å². The largest absolute Gasteiger partial charge is 0.453 e. The van der Waals surface area contributed by atoms with E-state index in [-0.39, 0.29) is 23.5 Å². The molecule has 122 valence electrons. The lowest BCUT2D eigenvalue weighted by Gasteiger charge is -2.36. The van der Waals surface area contributed by atoms with Crippen LogP contribution in [0.3, 0.4) is 0 Å². The van der Waals surface area contributed by atoms with Crippen molar-refractivity contribution in [1.82, 2.24) is 5.32 Å². The van der Waals surface area contributed by atoms with Crippen molar-refractivity contribution >= 4 is 23.8 Å². The van der Waals surface area contributed by atoms with Crippen LogP contribution in [-0.2, 0) is 23.9 Å². The van der Waals surface area contributed by atoms with Gasteiger partial charge in [0, 0.05) is 11.8 Å². The van der Waals surface area contributed by atoms with Crippen molar-refractivity contribution < 1.29 is 28.7 Å². The van der Waals surface area contributed by atoms with Crippen LogP contribution in [0.15, 0.2) is 0 Å². The molecule has 2 rings (SSSR count). The Balaban J connectivity index is 1.88. The first-order chi connectivity index (χ1) is 10.4. The van der Waals surface area contributed by atoms with Gasteiger partial charge in [0.05, 0.1) is 13.0 Å². The van der Waals surface area contributed by atoms with Gasteiger partial charge in [-0.15, -0.1) is 0 Å². The minimum atomic E-state index is -1.08. The van der Waals surface area contributed by atoms with Gasteiger partial charge in [-0.05, 0) is 32.6 Å². The predicted octanol–water partition coefficient (Wildman–Crippen LogP) is 1.20. The Morgan fingerprint density at radius 2 is 1.77 bits per heavy atom. The number of rotatable bonds is 3. The van der Waals surface area contributed by atoms with Crippen LogP contribution in [-0.4, -0.2) is 37.0 Å². The van der Waals surface area contributed by atoms with Crippen LogP contribution >= 0.6 is 0 Å². The van der Waals surface area contributed by atoms with E-state index in [4.69, 9.17) is 4.74 Å². The quantitative estimate of drug-likeness (QED) is 0.786. The minimum absolute atomic E-state index is 0.0516. The van der Waals surface area contributed by atoms with Crippen molar-refractivity contribution in [2.45, 2.75) is 45.1 Å². The van der Waals surface area contributed by atoms with Crippen molar-refractivity contribution in [2.24, 2.45) is 17.8 Å². The lowest BCUT2D eigenvalue weighted by atomic mass is 9.67. The van der Waals surface area contributed by atoms with Crippen LogP contribution in [0.4, 0.5) is 4.79 Å². The molecule has 7 heteroatoms. The van der Waals surface area contributed by atoms with Crippen molar-refractivity contribution in [3.05, 3.63) is 0 Å². The molecule has 2 bridgehead atoms. The fourth-order valence-electron chi connectivity index (χ4n) is 3.25. The summed E-state index contributed by atoms with van der Waals surface area (Å²) in [5.74, 6) is -1.38. The number of hydrogen-bond acceptors (Lipinski definition) is 6. The molecule has 7 nitrogen and oxygen atoms in total. The lowest BCUT2D eigenvalue weighted by Crippen LogP contribution is -2.43. The van der Waals surface area contributed by atoms with Gasteiger partial charge in [-0.25, -0.2) is 4.79 Å². The van der Waals surface area contributed by atoms with Crippen LogP contribution in [0, 0.1) is 17.8 Å². The molecule has 0 aromatic carbocycles. The fourth-order valence-corrected chi connectivity index (χ4v) is 3.25. The highest BCUT2D eigenvalue weighted by Crippen LogP contribution is 2.40. The molecule has 2 aliphatic rings. The summed E-state index contributed by atoms with van der Waals surface area (Å²) in [6, 6.07) is 0. The molecule has 1 N–H and O–H groups in total. The molecule has 0 saturated heterocycles. The molecule has 1 unspecified atom stereocenters. The summed E-state index contributed by atoms with van der Waals surface area (Å²) in [5.41, 5.74) is 0. The summed E-state index contributed by atoms with van der Waals surface area (Å²) in [6.45, 7) is 1.39. The number of amides is 2. The summed E-state index contributed by atoms with van der Waals surface area (Å²) in [4.78, 5) is 46.8. The van der Waals surface area contributed by atoms with Crippen molar-refractivity contribution in [2.75, 3.05) is 7.11 Å². The zero-order valence-corrected chi connectivity index (χ0v) is 12.8. The number of fused-ring (bicyclic) bond motifs is 2. The maximum absolute atomic E-state index is 12.2. The van der Waals surface area contributed by atoms with Crippen LogP contribution in [0.5, 0.6) is 0 Å². The molecule has 2 fully saturated rings. The van der Waals surface area contributed by atoms with Crippen molar-refractivity contribution in [3.8, 4) is 0 Å². The van der Waals surface area contributed by atoms with Crippen LogP contribution in [0.25, 0.3) is 0 Å². The van der Waals surface area contributed by atoms with E-state index >= 15 is 0 Å². The molecule has 0 aromatic heterocycles. The number of esters is 1. The number of ketones is 1. The van der Waals surface area contributed by atoms with Crippen LogP contribution in [0.2, 0.25) is 0 Å². The van der Waals surface area contributed by atoms with E-state index < -0.39 is 24.1 Å². The first kappa shape index (κ1) is 16.5. The highest BCUT2D eigenvalue weighted by atomic mass is 16.6. The molecule has 0 aromatic rings. The van der Waals surface area contributed by atoms with E-state index in [1.807, 2.05) is 5.32 Å². The van der Waals surface area contributed by atoms with Crippen LogP contribution in [0.1, 0.15) is 39.0 Å². The summed E-state index contributed by atoms with van der Waals surface area (Å²) < 4.78 is 9.43. The third-order valence-electron chi connectivity index (χ3n) is 4.45.